The second-order valence-electron chi connectivity index (χ2n) is 6.32. The molecule has 1 aromatic carbocycles. The normalized spacial score (nSPS) is 24.8. The van der Waals surface area contributed by atoms with Gasteiger partial charge in [-0.05, 0) is 49.8 Å². The molecular formula is C17H21NO3. The molecule has 0 aromatic heterocycles. The van der Waals surface area contributed by atoms with Gasteiger partial charge in [-0.1, -0.05) is 12.8 Å². The van der Waals surface area contributed by atoms with E-state index in [1.165, 1.54) is 32.1 Å². The number of ether oxygens (including phenoxy) is 2. The molecule has 2 aliphatic heterocycles. The molecule has 1 saturated heterocycles. The Bertz CT molecular complexity index is 551. The highest BCUT2D eigenvalue weighted by Crippen LogP contribution is 2.37. The van der Waals surface area contributed by atoms with Crippen LogP contribution in [0, 0.1) is 5.92 Å². The number of nitrogens with zero attached hydrogens (tertiary/aromatic N) is 1. The Morgan fingerprint density at radius 3 is 2.71 bits per heavy atom. The smallest absolute Gasteiger partial charge is 0.254 e. The first-order chi connectivity index (χ1) is 10.3. The van der Waals surface area contributed by atoms with Crippen LogP contribution >= 0.6 is 0 Å². The van der Waals surface area contributed by atoms with E-state index in [4.69, 9.17) is 9.47 Å². The summed E-state index contributed by atoms with van der Waals surface area (Å²) in [5.41, 5.74) is 0.726. The fourth-order valence-corrected chi connectivity index (χ4v) is 4.07. The lowest BCUT2D eigenvalue weighted by molar-refractivity contribution is 0.0688. The van der Waals surface area contributed by atoms with E-state index in [1.807, 2.05) is 18.2 Å². The molecular weight excluding hydrogens is 266 g/mol. The molecule has 1 unspecified atom stereocenters. The van der Waals surface area contributed by atoms with Gasteiger partial charge >= 0.3 is 0 Å². The molecule has 4 heteroatoms. The average Bonchev–Trinajstić information content (AvgIpc) is 3.24. The number of hydrogen-bond donors (Lipinski definition) is 0. The van der Waals surface area contributed by atoms with Gasteiger partial charge in [-0.2, -0.15) is 0 Å². The minimum Gasteiger partial charge on any atom is -0.454 e. The Balaban J connectivity index is 1.55. The maximum Gasteiger partial charge on any atom is 0.254 e. The molecule has 1 atom stereocenters. The van der Waals surface area contributed by atoms with Crippen LogP contribution in [0.4, 0.5) is 0 Å². The second-order valence-corrected chi connectivity index (χ2v) is 6.32. The summed E-state index contributed by atoms with van der Waals surface area (Å²) in [6, 6.07) is 5.98. The van der Waals surface area contributed by atoms with Crippen LogP contribution < -0.4 is 9.47 Å². The highest BCUT2D eigenvalue weighted by Gasteiger charge is 2.36. The molecule has 0 N–H and O–H groups in total. The molecule has 2 heterocycles. The quantitative estimate of drug-likeness (QED) is 0.838. The van der Waals surface area contributed by atoms with Gasteiger partial charge in [0.05, 0.1) is 0 Å². The van der Waals surface area contributed by atoms with Crippen molar-refractivity contribution in [3.8, 4) is 11.5 Å². The maximum absolute atomic E-state index is 12.8. The maximum atomic E-state index is 12.8. The summed E-state index contributed by atoms with van der Waals surface area (Å²) in [6.45, 7) is 1.15. The van der Waals surface area contributed by atoms with Crippen molar-refractivity contribution < 1.29 is 14.3 Å². The first-order valence-electron chi connectivity index (χ1n) is 8.03. The Hall–Kier alpha value is -1.71. The van der Waals surface area contributed by atoms with Crippen molar-refractivity contribution in [3.63, 3.8) is 0 Å². The van der Waals surface area contributed by atoms with Crippen LogP contribution in [0.25, 0.3) is 0 Å². The molecule has 0 bridgehead atoms. The molecule has 4 rings (SSSR count). The molecule has 1 saturated carbocycles. The molecule has 0 radical (unpaired) electrons. The van der Waals surface area contributed by atoms with Crippen molar-refractivity contribution in [2.75, 3.05) is 13.3 Å². The molecule has 1 amide bonds. The molecule has 1 aromatic rings. The Labute approximate surface area is 125 Å². The molecule has 112 valence electrons. The van der Waals surface area contributed by atoms with E-state index >= 15 is 0 Å². The fraction of sp³-hybridized carbons (Fsp3) is 0.588. The van der Waals surface area contributed by atoms with Crippen LogP contribution in [0.3, 0.4) is 0 Å². The fourth-order valence-electron chi connectivity index (χ4n) is 4.07. The number of benzene rings is 1. The van der Waals surface area contributed by atoms with Crippen LogP contribution in [0.1, 0.15) is 48.9 Å². The van der Waals surface area contributed by atoms with Gasteiger partial charge in [0.15, 0.2) is 11.5 Å². The van der Waals surface area contributed by atoms with E-state index in [2.05, 4.69) is 4.90 Å². The van der Waals surface area contributed by atoms with Crippen LogP contribution in [0.5, 0.6) is 11.5 Å². The number of amides is 1. The highest BCUT2D eigenvalue weighted by molar-refractivity contribution is 5.95. The van der Waals surface area contributed by atoms with Gasteiger partial charge in [0.25, 0.3) is 5.91 Å². The zero-order valence-corrected chi connectivity index (χ0v) is 12.2. The summed E-state index contributed by atoms with van der Waals surface area (Å²) in [7, 11) is 0. The summed E-state index contributed by atoms with van der Waals surface area (Å²) in [6.07, 6.45) is 7.53. The predicted octanol–water partition coefficient (Wildman–Crippen LogP) is 3.21. The van der Waals surface area contributed by atoms with Crippen LogP contribution in [-0.4, -0.2) is 30.2 Å². The minimum absolute atomic E-state index is 0.155. The van der Waals surface area contributed by atoms with Crippen molar-refractivity contribution in [1.82, 2.24) is 4.90 Å². The van der Waals surface area contributed by atoms with Gasteiger partial charge in [0.1, 0.15) is 0 Å². The summed E-state index contributed by atoms with van der Waals surface area (Å²) >= 11 is 0. The van der Waals surface area contributed by atoms with Gasteiger partial charge in [0.2, 0.25) is 6.79 Å². The van der Waals surface area contributed by atoms with Crippen molar-refractivity contribution in [1.29, 1.82) is 0 Å². The number of rotatable bonds is 2. The van der Waals surface area contributed by atoms with E-state index in [9.17, 15) is 4.79 Å². The number of hydrogen-bond acceptors (Lipinski definition) is 3. The first kappa shape index (κ1) is 13.0. The highest BCUT2D eigenvalue weighted by atomic mass is 16.7. The molecule has 2 fully saturated rings. The van der Waals surface area contributed by atoms with Gasteiger partial charge in [-0.3, -0.25) is 4.79 Å². The average molecular weight is 287 g/mol. The van der Waals surface area contributed by atoms with Gasteiger partial charge in [0, 0.05) is 18.2 Å². The third-order valence-electron chi connectivity index (χ3n) is 5.12. The standard InChI is InChI=1S/C17H21NO3/c19-17(13-7-8-15-16(10-13)21-11-20-15)18-9-3-6-14(18)12-4-1-2-5-12/h7-8,10,12,14H,1-6,9,11H2. The van der Waals surface area contributed by atoms with Gasteiger partial charge in [-0.15, -0.1) is 0 Å². The third kappa shape index (κ3) is 2.27. The van der Waals surface area contributed by atoms with Crippen molar-refractivity contribution >= 4 is 5.91 Å². The lowest BCUT2D eigenvalue weighted by Gasteiger charge is -2.29. The Morgan fingerprint density at radius 2 is 1.86 bits per heavy atom. The predicted molar refractivity (Wildman–Crippen MR) is 78.6 cm³/mol. The van der Waals surface area contributed by atoms with E-state index in [-0.39, 0.29) is 12.7 Å². The number of carbonyl (C=O) groups excluding carboxylic acids is 1. The van der Waals surface area contributed by atoms with E-state index < -0.39 is 0 Å². The van der Waals surface area contributed by atoms with Gasteiger partial charge < -0.3 is 14.4 Å². The topological polar surface area (TPSA) is 38.8 Å². The van der Waals surface area contributed by atoms with E-state index in [0.29, 0.717) is 17.7 Å². The summed E-state index contributed by atoms with van der Waals surface area (Å²) in [5.74, 6) is 2.30. The second kappa shape index (κ2) is 5.24. The van der Waals surface area contributed by atoms with Crippen molar-refractivity contribution in [2.24, 2.45) is 5.92 Å². The summed E-state index contributed by atoms with van der Waals surface area (Å²) < 4.78 is 10.7. The Morgan fingerprint density at radius 1 is 1.05 bits per heavy atom. The molecule has 21 heavy (non-hydrogen) atoms. The molecule has 3 aliphatic rings. The van der Waals surface area contributed by atoms with Crippen LogP contribution in [0.2, 0.25) is 0 Å². The van der Waals surface area contributed by atoms with Crippen LogP contribution in [0.15, 0.2) is 18.2 Å². The molecule has 4 nitrogen and oxygen atoms in total. The number of carbonyl (C=O) groups is 1. The summed E-state index contributed by atoms with van der Waals surface area (Å²) in [5, 5.41) is 0. The monoisotopic (exact) mass is 287 g/mol. The van der Waals surface area contributed by atoms with Crippen molar-refractivity contribution in [3.05, 3.63) is 23.8 Å². The zero-order chi connectivity index (χ0) is 14.2. The lowest BCUT2D eigenvalue weighted by Crippen LogP contribution is -2.39. The summed E-state index contributed by atoms with van der Waals surface area (Å²) in [4.78, 5) is 14.9. The zero-order valence-electron chi connectivity index (χ0n) is 12.2. The molecule has 1 aliphatic carbocycles. The van der Waals surface area contributed by atoms with E-state index in [0.717, 1.165) is 24.3 Å². The SMILES string of the molecule is O=C(c1ccc2c(c1)OCO2)N1CCCC1C1CCCC1. The lowest BCUT2D eigenvalue weighted by atomic mass is 9.95. The van der Waals surface area contributed by atoms with Crippen LogP contribution in [-0.2, 0) is 0 Å². The van der Waals surface area contributed by atoms with Crippen molar-refractivity contribution in [2.45, 2.75) is 44.6 Å². The number of likely N-dealkylation sites (tertiary alicyclic amines) is 1. The third-order valence-corrected chi connectivity index (χ3v) is 5.12. The molecule has 0 spiro atoms. The Kier molecular flexibility index (Phi) is 3.24. The van der Waals surface area contributed by atoms with E-state index in [1.54, 1.807) is 0 Å². The minimum atomic E-state index is 0.155. The first-order valence-corrected chi connectivity index (χ1v) is 8.03. The largest absolute Gasteiger partial charge is 0.454 e. The number of fused-ring (bicyclic) bond motifs is 1. The van der Waals surface area contributed by atoms with Gasteiger partial charge in [-0.25, -0.2) is 0 Å².